The van der Waals surface area contributed by atoms with Crippen molar-refractivity contribution in [3.63, 3.8) is 0 Å². The van der Waals surface area contributed by atoms with Crippen molar-refractivity contribution >= 4 is 36.5 Å². The molecule has 0 amide bonds. The quantitative estimate of drug-likeness (QED) is 0.454. The van der Waals surface area contributed by atoms with Gasteiger partial charge in [-0.25, -0.2) is 4.98 Å². The predicted octanol–water partition coefficient (Wildman–Crippen LogP) is 1.93. The van der Waals surface area contributed by atoms with E-state index in [4.69, 9.17) is 4.98 Å². The van der Waals surface area contributed by atoms with E-state index in [1.807, 2.05) is 34.7 Å². The minimum atomic E-state index is 0.519. The first-order valence-corrected chi connectivity index (χ1v) is 11.8. The van der Waals surface area contributed by atoms with Crippen LogP contribution < -0.4 is 10.8 Å². The molecule has 0 saturated carbocycles. The van der Waals surface area contributed by atoms with Gasteiger partial charge in [0, 0.05) is 42.8 Å². The molecule has 1 saturated heterocycles. The fraction of sp³-hybridized carbons (Fsp3) is 0.476. The van der Waals surface area contributed by atoms with Crippen LogP contribution in [0.2, 0.25) is 0 Å². The van der Waals surface area contributed by atoms with Crippen LogP contribution in [0.15, 0.2) is 36.8 Å². The number of fused-ring (bicyclic) bond motifs is 1. The van der Waals surface area contributed by atoms with Gasteiger partial charge in [-0.3, -0.25) is 4.98 Å². The molecule has 0 aliphatic carbocycles. The topological polar surface area (TPSA) is 58.4 Å². The van der Waals surface area contributed by atoms with E-state index in [1.165, 1.54) is 50.3 Å². The summed E-state index contributed by atoms with van der Waals surface area (Å²) in [5.41, 5.74) is 4.42. The molecule has 0 radical (unpaired) electrons. The van der Waals surface area contributed by atoms with Crippen molar-refractivity contribution < 1.29 is 0 Å². The Morgan fingerprint density at radius 3 is 2.90 bits per heavy atom. The summed E-state index contributed by atoms with van der Waals surface area (Å²) in [6, 6.07) is 6.25. The Kier molecular flexibility index (Phi) is 6.72. The second-order valence-corrected chi connectivity index (χ2v) is 8.79. The second-order valence-electron chi connectivity index (χ2n) is 7.81. The van der Waals surface area contributed by atoms with Crippen LogP contribution in [0.5, 0.6) is 0 Å². The number of hydrogen-bond donors (Lipinski definition) is 1. The Morgan fingerprint density at radius 1 is 1.28 bits per heavy atom. The molecule has 0 bridgehead atoms. The third-order valence-electron chi connectivity index (χ3n) is 5.69. The molecule has 152 valence electrons. The first-order valence-electron chi connectivity index (χ1n) is 10.4. The third kappa shape index (κ3) is 4.93. The molecule has 1 N–H and O–H groups in total. The summed E-state index contributed by atoms with van der Waals surface area (Å²) in [5, 5.41) is 8.08. The highest BCUT2D eigenvalue weighted by atomic mass is 32.2. The van der Waals surface area contributed by atoms with E-state index < -0.39 is 0 Å². The largest absolute Gasteiger partial charge is 0.366 e. The molecular formula is C21H29BN6S. The van der Waals surface area contributed by atoms with Gasteiger partial charge in [0.1, 0.15) is 13.7 Å². The van der Waals surface area contributed by atoms with Gasteiger partial charge in [0.05, 0.1) is 0 Å². The Balaban J connectivity index is 1.49. The average Bonchev–Trinajstić information content (AvgIpc) is 3.14. The zero-order chi connectivity index (χ0) is 20.1. The standard InChI is InChI=1S/C21H29BN6S/c1-29-11-3-8-27-9-5-17(6-10-27)19-12-20(24-14-16-4-2-7-23-13-16)28-21(26-19)18(22)15-25-28/h2,4,7,12-13,15,17,24H,3,5-6,8-11,14,22H2,1H3. The lowest BCUT2D eigenvalue weighted by Crippen LogP contribution is -2.34. The van der Waals surface area contributed by atoms with Crippen LogP contribution in [0.25, 0.3) is 5.65 Å². The van der Waals surface area contributed by atoms with Crippen molar-refractivity contribution in [2.75, 3.05) is 37.0 Å². The lowest BCUT2D eigenvalue weighted by atomic mass is 9.92. The first-order chi connectivity index (χ1) is 14.2. The van der Waals surface area contributed by atoms with Crippen LogP contribution in [0, 0.1) is 0 Å². The van der Waals surface area contributed by atoms with Gasteiger partial charge in [0.2, 0.25) is 0 Å². The zero-order valence-electron chi connectivity index (χ0n) is 17.3. The third-order valence-corrected chi connectivity index (χ3v) is 6.39. The molecule has 6 nitrogen and oxygen atoms in total. The van der Waals surface area contributed by atoms with Crippen LogP contribution >= 0.6 is 11.8 Å². The molecule has 3 aromatic rings. The zero-order valence-corrected chi connectivity index (χ0v) is 18.2. The Hall–Kier alpha value is -2.06. The van der Waals surface area contributed by atoms with Crippen molar-refractivity contribution in [3.05, 3.63) is 48.0 Å². The summed E-state index contributed by atoms with van der Waals surface area (Å²) in [7, 11) is 2.08. The maximum atomic E-state index is 5.00. The summed E-state index contributed by atoms with van der Waals surface area (Å²) < 4.78 is 1.92. The van der Waals surface area contributed by atoms with E-state index in [2.05, 4.69) is 46.5 Å². The summed E-state index contributed by atoms with van der Waals surface area (Å²) >= 11 is 1.94. The van der Waals surface area contributed by atoms with Gasteiger partial charge in [0.15, 0.2) is 5.65 Å². The first kappa shape index (κ1) is 20.2. The van der Waals surface area contributed by atoms with E-state index in [-0.39, 0.29) is 0 Å². The van der Waals surface area contributed by atoms with Crippen LogP contribution in [-0.2, 0) is 6.54 Å². The molecule has 4 rings (SSSR count). The van der Waals surface area contributed by atoms with Crippen molar-refractivity contribution in [2.24, 2.45) is 0 Å². The van der Waals surface area contributed by atoms with E-state index in [0.717, 1.165) is 29.0 Å². The van der Waals surface area contributed by atoms with Crippen LogP contribution in [0.4, 0.5) is 5.82 Å². The lowest BCUT2D eigenvalue weighted by molar-refractivity contribution is 0.212. The van der Waals surface area contributed by atoms with Gasteiger partial charge in [-0.15, -0.1) is 0 Å². The molecular weight excluding hydrogens is 379 g/mol. The van der Waals surface area contributed by atoms with Gasteiger partial charge < -0.3 is 10.2 Å². The smallest absolute Gasteiger partial charge is 0.151 e. The van der Waals surface area contributed by atoms with E-state index in [9.17, 15) is 0 Å². The van der Waals surface area contributed by atoms with Crippen molar-refractivity contribution in [2.45, 2.75) is 31.7 Å². The van der Waals surface area contributed by atoms with Gasteiger partial charge >= 0.3 is 0 Å². The number of thioether (sulfide) groups is 1. The molecule has 1 aliphatic rings. The second kappa shape index (κ2) is 9.63. The van der Waals surface area contributed by atoms with E-state index >= 15 is 0 Å². The highest BCUT2D eigenvalue weighted by Gasteiger charge is 2.23. The van der Waals surface area contributed by atoms with Crippen molar-refractivity contribution in [3.8, 4) is 0 Å². The SMILES string of the molecule is Bc1cnn2c(NCc3cccnc3)cc(C3CCN(CCCSC)CC3)nc12. The molecule has 0 aromatic carbocycles. The number of nitrogens with zero attached hydrogens (tertiary/aromatic N) is 5. The molecule has 29 heavy (non-hydrogen) atoms. The minimum Gasteiger partial charge on any atom is -0.366 e. The molecule has 8 heteroatoms. The number of pyridine rings is 1. The summed E-state index contributed by atoms with van der Waals surface area (Å²) in [6.07, 6.45) is 11.4. The van der Waals surface area contributed by atoms with Crippen LogP contribution in [0.3, 0.4) is 0 Å². The van der Waals surface area contributed by atoms with Gasteiger partial charge in [-0.05, 0) is 68.0 Å². The molecule has 0 unspecified atom stereocenters. The number of likely N-dealkylation sites (tertiary alicyclic amines) is 1. The average molecular weight is 408 g/mol. The molecule has 0 spiro atoms. The number of anilines is 1. The molecule has 1 fully saturated rings. The maximum Gasteiger partial charge on any atom is 0.151 e. The maximum absolute atomic E-state index is 5.00. The fourth-order valence-electron chi connectivity index (χ4n) is 4.01. The fourth-order valence-corrected chi connectivity index (χ4v) is 4.42. The summed E-state index contributed by atoms with van der Waals surface area (Å²) in [4.78, 5) is 11.8. The Labute approximate surface area is 177 Å². The summed E-state index contributed by atoms with van der Waals surface area (Å²) in [6.45, 7) is 4.28. The number of aromatic nitrogens is 4. The molecule has 4 heterocycles. The monoisotopic (exact) mass is 408 g/mol. The minimum absolute atomic E-state index is 0.519. The Bertz CT molecular complexity index is 924. The Morgan fingerprint density at radius 2 is 2.14 bits per heavy atom. The van der Waals surface area contributed by atoms with E-state index in [1.54, 1.807) is 6.20 Å². The normalized spacial score (nSPS) is 15.8. The molecule has 3 aromatic heterocycles. The van der Waals surface area contributed by atoms with Crippen molar-refractivity contribution in [1.82, 2.24) is 24.5 Å². The van der Waals surface area contributed by atoms with Crippen molar-refractivity contribution in [1.29, 1.82) is 0 Å². The van der Waals surface area contributed by atoms with Gasteiger partial charge in [-0.2, -0.15) is 21.4 Å². The van der Waals surface area contributed by atoms with Gasteiger partial charge in [-0.1, -0.05) is 6.07 Å². The number of nitrogens with one attached hydrogen (secondary N) is 1. The predicted molar refractivity (Wildman–Crippen MR) is 124 cm³/mol. The highest BCUT2D eigenvalue weighted by molar-refractivity contribution is 7.98. The van der Waals surface area contributed by atoms with Gasteiger partial charge in [0.25, 0.3) is 0 Å². The number of piperidine rings is 1. The van der Waals surface area contributed by atoms with E-state index in [0.29, 0.717) is 5.92 Å². The highest BCUT2D eigenvalue weighted by Crippen LogP contribution is 2.29. The number of rotatable bonds is 8. The molecule has 0 atom stereocenters. The summed E-state index contributed by atoms with van der Waals surface area (Å²) in [5.74, 6) is 2.78. The number of hydrogen-bond acceptors (Lipinski definition) is 6. The lowest BCUT2D eigenvalue weighted by Gasteiger charge is -2.31. The van der Waals surface area contributed by atoms with Crippen LogP contribution in [-0.4, -0.2) is 64.0 Å². The van der Waals surface area contributed by atoms with Crippen LogP contribution in [0.1, 0.15) is 36.4 Å². The molecule has 1 aliphatic heterocycles.